The molecule has 2 amide bonds. The highest BCUT2D eigenvalue weighted by molar-refractivity contribution is 5.97. The second kappa shape index (κ2) is 5.83. The maximum atomic E-state index is 12.4. The molecule has 0 radical (unpaired) electrons. The SMILES string of the molecule is CCC[C@@H]1C[C@@](C)(C(=O)CN2NC(=O)CCC2=O)OC1=O. The van der Waals surface area contributed by atoms with Gasteiger partial charge in [0, 0.05) is 19.3 Å². The lowest BCUT2D eigenvalue weighted by molar-refractivity contribution is -0.160. The van der Waals surface area contributed by atoms with Gasteiger partial charge in [-0.25, -0.2) is 5.01 Å². The number of hydrogen-bond donors (Lipinski definition) is 1. The van der Waals surface area contributed by atoms with Gasteiger partial charge in [-0.2, -0.15) is 0 Å². The number of Topliss-reactive ketones (excluding diaryl/α,β-unsaturated/α-hetero) is 1. The Morgan fingerprint density at radius 3 is 2.76 bits per heavy atom. The Morgan fingerprint density at radius 2 is 2.10 bits per heavy atom. The zero-order valence-electron chi connectivity index (χ0n) is 12.3. The molecule has 0 aromatic rings. The molecule has 0 unspecified atom stereocenters. The summed E-state index contributed by atoms with van der Waals surface area (Å²) in [6.45, 7) is 3.26. The first-order valence-corrected chi connectivity index (χ1v) is 7.21. The molecule has 1 N–H and O–H groups in total. The highest BCUT2D eigenvalue weighted by atomic mass is 16.6. The Morgan fingerprint density at radius 1 is 1.38 bits per heavy atom. The van der Waals surface area contributed by atoms with Crippen LogP contribution >= 0.6 is 0 Å². The number of carbonyl (C=O) groups excluding carboxylic acids is 4. The van der Waals surface area contributed by atoms with Crippen molar-refractivity contribution in [2.24, 2.45) is 5.92 Å². The normalized spacial score (nSPS) is 29.3. The molecule has 0 saturated carbocycles. The van der Waals surface area contributed by atoms with E-state index in [1.165, 1.54) is 0 Å². The van der Waals surface area contributed by atoms with Crippen LogP contribution in [-0.4, -0.2) is 40.7 Å². The topological polar surface area (TPSA) is 92.8 Å². The highest BCUT2D eigenvalue weighted by Gasteiger charge is 2.48. The monoisotopic (exact) mass is 296 g/mol. The van der Waals surface area contributed by atoms with Crippen LogP contribution in [0.5, 0.6) is 0 Å². The molecule has 2 aliphatic heterocycles. The molecule has 2 saturated heterocycles. The summed E-state index contributed by atoms with van der Waals surface area (Å²) in [5, 5.41) is 1.01. The smallest absolute Gasteiger partial charge is 0.310 e. The minimum Gasteiger partial charge on any atom is -0.451 e. The third-order valence-electron chi connectivity index (χ3n) is 3.95. The van der Waals surface area contributed by atoms with Gasteiger partial charge in [0.05, 0.1) is 5.92 Å². The van der Waals surface area contributed by atoms with Crippen LogP contribution in [0.25, 0.3) is 0 Å². The fourth-order valence-corrected chi connectivity index (χ4v) is 2.70. The molecule has 0 aromatic heterocycles. The number of hydrogen-bond acceptors (Lipinski definition) is 5. The summed E-state index contributed by atoms with van der Waals surface area (Å²) >= 11 is 0. The van der Waals surface area contributed by atoms with Gasteiger partial charge in [0.25, 0.3) is 0 Å². The quantitative estimate of drug-likeness (QED) is 0.738. The second-order valence-electron chi connectivity index (χ2n) is 5.78. The van der Waals surface area contributed by atoms with Gasteiger partial charge in [0.1, 0.15) is 6.54 Å². The van der Waals surface area contributed by atoms with E-state index in [1.54, 1.807) is 6.92 Å². The molecule has 21 heavy (non-hydrogen) atoms. The number of esters is 1. The lowest BCUT2D eigenvalue weighted by Gasteiger charge is -2.29. The van der Waals surface area contributed by atoms with Gasteiger partial charge in [0.15, 0.2) is 11.4 Å². The van der Waals surface area contributed by atoms with Crippen molar-refractivity contribution in [3.05, 3.63) is 0 Å². The Bertz CT molecular complexity index is 490. The molecular formula is C14H20N2O5. The summed E-state index contributed by atoms with van der Waals surface area (Å²) in [5.74, 6) is -1.59. The average molecular weight is 296 g/mol. The van der Waals surface area contributed by atoms with Crippen LogP contribution < -0.4 is 5.43 Å². The summed E-state index contributed by atoms with van der Waals surface area (Å²) in [4.78, 5) is 47.1. The first-order valence-electron chi connectivity index (χ1n) is 7.21. The Kier molecular flexibility index (Phi) is 4.29. The number of hydrazine groups is 1. The van der Waals surface area contributed by atoms with Crippen molar-refractivity contribution in [1.82, 2.24) is 10.4 Å². The van der Waals surface area contributed by atoms with E-state index in [0.29, 0.717) is 12.8 Å². The van der Waals surface area contributed by atoms with Gasteiger partial charge >= 0.3 is 5.97 Å². The van der Waals surface area contributed by atoms with Gasteiger partial charge < -0.3 is 4.74 Å². The van der Waals surface area contributed by atoms with Crippen molar-refractivity contribution in [3.63, 3.8) is 0 Å². The van der Waals surface area contributed by atoms with E-state index in [9.17, 15) is 19.2 Å². The highest BCUT2D eigenvalue weighted by Crippen LogP contribution is 2.34. The maximum Gasteiger partial charge on any atom is 0.310 e. The van der Waals surface area contributed by atoms with Crippen LogP contribution in [0.3, 0.4) is 0 Å². The first-order chi connectivity index (χ1) is 9.85. The van der Waals surface area contributed by atoms with E-state index in [4.69, 9.17) is 4.74 Å². The third kappa shape index (κ3) is 3.22. The summed E-state index contributed by atoms with van der Waals surface area (Å²) in [5.41, 5.74) is 1.16. The van der Waals surface area contributed by atoms with Crippen molar-refractivity contribution in [3.8, 4) is 0 Å². The summed E-state index contributed by atoms with van der Waals surface area (Å²) in [7, 11) is 0. The van der Waals surface area contributed by atoms with Crippen molar-refractivity contribution in [2.75, 3.05) is 6.54 Å². The predicted molar refractivity (Wildman–Crippen MR) is 71.6 cm³/mol. The van der Waals surface area contributed by atoms with Gasteiger partial charge in [-0.3, -0.25) is 24.6 Å². The summed E-state index contributed by atoms with van der Waals surface area (Å²) < 4.78 is 5.24. The van der Waals surface area contributed by atoms with Gasteiger partial charge in [0.2, 0.25) is 11.8 Å². The Hall–Kier alpha value is -1.92. The molecule has 0 aromatic carbocycles. The lowest BCUT2D eigenvalue weighted by Crippen LogP contribution is -2.55. The predicted octanol–water partition coefficient (Wildman–Crippen LogP) is 0.331. The fourth-order valence-electron chi connectivity index (χ4n) is 2.70. The Balaban J connectivity index is 2.01. The van der Waals surface area contributed by atoms with Crippen LogP contribution in [-0.2, 0) is 23.9 Å². The molecule has 2 heterocycles. The molecule has 2 fully saturated rings. The minimum atomic E-state index is -1.21. The lowest BCUT2D eigenvalue weighted by atomic mass is 9.89. The van der Waals surface area contributed by atoms with E-state index < -0.39 is 5.60 Å². The van der Waals surface area contributed by atoms with Crippen LogP contribution in [0.1, 0.15) is 46.0 Å². The van der Waals surface area contributed by atoms with E-state index in [-0.39, 0.29) is 48.9 Å². The van der Waals surface area contributed by atoms with Crippen LogP contribution in [0.4, 0.5) is 0 Å². The third-order valence-corrected chi connectivity index (χ3v) is 3.95. The number of carbonyl (C=O) groups is 4. The molecular weight excluding hydrogens is 276 g/mol. The molecule has 2 aliphatic rings. The molecule has 0 spiro atoms. The molecule has 7 nitrogen and oxygen atoms in total. The molecule has 0 bridgehead atoms. The van der Waals surface area contributed by atoms with Gasteiger partial charge in [-0.15, -0.1) is 0 Å². The van der Waals surface area contributed by atoms with E-state index >= 15 is 0 Å². The van der Waals surface area contributed by atoms with Crippen molar-refractivity contribution in [1.29, 1.82) is 0 Å². The number of nitrogens with one attached hydrogen (secondary N) is 1. The zero-order valence-corrected chi connectivity index (χ0v) is 12.3. The van der Waals surface area contributed by atoms with Crippen LogP contribution in [0.15, 0.2) is 0 Å². The zero-order chi connectivity index (χ0) is 15.6. The maximum absolute atomic E-state index is 12.4. The van der Waals surface area contributed by atoms with Crippen molar-refractivity contribution >= 4 is 23.6 Å². The number of cyclic esters (lactones) is 1. The molecule has 2 atom stereocenters. The number of ketones is 1. The number of nitrogens with zero attached hydrogens (tertiary/aromatic N) is 1. The van der Waals surface area contributed by atoms with Crippen LogP contribution in [0, 0.1) is 5.92 Å². The average Bonchev–Trinajstić information content (AvgIpc) is 2.71. The summed E-state index contributed by atoms with van der Waals surface area (Å²) in [6.07, 6.45) is 2.07. The molecule has 116 valence electrons. The molecule has 7 heteroatoms. The second-order valence-corrected chi connectivity index (χ2v) is 5.78. The van der Waals surface area contributed by atoms with Gasteiger partial charge in [-0.05, 0) is 13.3 Å². The first kappa shape index (κ1) is 15.5. The molecule has 0 aliphatic carbocycles. The Labute approximate surface area is 123 Å². The largest absolute Gasteiger partial charge is 0.451 e. The van der Waals surface area contributed by atoms with Gasteiger partial charge in [-0.1, -0.05) is 13.3 Å². The fraction of sp³-hybridized carbons (Fsp3) is 0.714. The number of amides is 2. The van der Waals surface area contributed by atoms with E-state index in [0.717, 1.165) is 11.4 Å². The summed E-state index contributed by atoms with van der Waals surface area (Å²) in [6, 6.07) is 0. The number of ether oxygens (including phenoxy) is 1. The van der Waals surface area contributed by atoms with E-state index in [2.05, 4.69) is 5.43 Å². The van der Waals surface area contributed by atoms with Crippen molar-refractivity contribution < 1.29 is 23.9 Å². The minimum absolute atomic E-state index is 0.0913. The standard InChI is InChI=1S/C14H20N2O5/c1-3-4-9-7-14(2,21-13(9)20)10(17)8-16-12(19)6-5-11(18)15-16/h9H,3-8H2,1-2H3,(H,15,18)/t9-,14+/m1/s1. The van der Waals surface area contributed by atoms with Crippen LogP contribution in [0.2, 0.25) is 0 Å². The molecule has 2 rings (SSSR count). The van der Waals surface area contributed by atoms with Crippen molar-refractivity contribution in [2.45, 2.75) is 51.6 Å². The van der Waals surface area contributed by atoms with E-state index in [1.807, 2.05) is 6.92 Å². The number of rotatable bonds is 5.